The van der Waals surface area contributed by atoms with Gasteiger partial charge in [0.1, 0.15) is 17.8 Å². The third-order valence-electron chi connectivity index (χ3n) is 7.73. The number of pyridine rings is 2. The van der Waals surface area contributed by atoms with E-state index in [1.165, 1.54) is 5.01 Å². The van der Waals surface area contributed by atoms with Gasteiger partial charge in [0.25, 0.3) is 0 Å². The van der Waals surface area contributed by atoms with Gasteiger partial charge in [-0.1, -0.05) is 47.5 Å². The van der Waals surface area contributed by atoms with Crippen LogP contribution in [0.2, 0.25) is 10.0 Å². The molecule has 0 saturated heterocycles. The Morgan fingerprint density at radius 3 is 1.73 bits per heavy atom. The number of hydrogen-bond donors (Lipinski definition) is 1. The molecule has 45 heavy (non-hydrogen) atoms. The van der Waals surface area contributed by atoms with E-state index in [2.05, 4.69) is 15.4 Å². The predicted octanol–water partition coefficient (Wildman–Crippen LogP) is 9.75. The van der Waals surface area contributed by atoms with E-state index in [1.54, 1.807) is 12.4 Å². The number of amides is 1. The van der Waals surface area contributed by atoms with Gasteiger partial charge in [-0.25, -0.2) is 14.8 Å². The highest BCUT2D eigenvalue weighted by Crippen LogP contribution is 2.38. The number of carbonyl (C=O) groups excluding carboxylic acids is 1. The first kappa shape index (κ1) is 31.0. The molecular weight excluding hydrogens is 611 g/mol. The molecule has 2 aromatic heterocycles. The van der Waals surface area contributed by atoms with E-state index in [-0.39, 0.29) is 12.2 Å². The molecule has 1 amide bonds. The van der Waals surface area contributed by atoms with Crippen LogP contribution in [0.15, 0.2) is 73.1 Å². The van der Waals surface area contributed by atoms with Gasteiger partial charge in [0, 0.05) is 21.2 Å². The minimum Gasteiger partial charge on any atom is -0.474 e. The van der Waals surface area contributed by atoms with Crippen molar-refractivity contribution in [3.05, 3.63) is 83.1 Å². The SMILES string of the molecule is CC(C)(C)OC(=O)N(Nc1cnc(OC2CCC2)c(-c2ccc(Cl)cc2)c1)c1cnc(OC2CCC2)c(-c2ccc(Cl)cc2)c1. The van der Waals surface area contributed by atoms with Crippen LogP contribution in [0.25, 0.3) is 22.3 Å². The minimum atomic E-state index is -0.746. The summed E-state index contributed by atoms with van der Waals surface area (Å²) in [6, 6.07) is 18.7. The molecule has 0 bridgehead atoms. The molecule has 2 aliphatic rings. The molecule has 2 aliphatic carbocycles. The molecular formula is C35H36Cl2N4O4. The van der Waals surface area contributed by atoms with E-state index >= 15 is 0 Å². The highest BCUT2D eigenvalue weighted by Gasteiger charge is 2.28. The molecule has 0 spiro atoms. The second-order valence-electron chi connectivity index (χ2n) is 12.4. The molecule has 10 heteroatoms. The third kappa shape index (κ3) is 7.63. The number of hydrogen-bond acceptors (Lipinski definition) is 7. The van der Waals surface area contributed by atoms with Gasteiger partial charge in [0.2, 0.25) is 11.8 Å². The van der Waals surface area contributed by atoms with Crippen molar-refractivity contribution in [1.29, 1.82) is 0 Å². The van der Waals surface area contributed by atoms with Crippen LogP contribution < -0.4 is 19.9 Å². The van der Waals surface area contributed by atoms with Crippen LogP contribution in [0.5, 0.6) is 11.8 Å². The summed E-state index contributed by atoms with van der Waals surface area (Å²) in [5.74, 6) is 1.03. The molecule has 2 saturated carbocycles. The lowest BCUT2D eigenvalue weighted by atomic mass is 9.96. The predicted molar refractivity (Wildman–Crippen MR) is 178 cm³/mol. The molecule has 4 aromatic rings. The zero-order chi connectivity index (χ0) is 31.6. The van der Waals surface area contributed by atoms with Crippen molar-refractivity contribution < 1.29 is 19.0 Å². The quantitative estimate of drug-likeness (QED) is 0.181. The van der Waals surface area contributed by atoms with E-state index in [4.69, 9.17) is 37.4 Å². The Hall–Kier alpha value is -4.01. The van der Waals surface area contributed by atoms with Gasteiger partial charge in [0.15, 0.2) is 0 Å². The number of halogens is 2. The molecule has 0 atom stereocenters. The van der Waals surface area contributed by atoms with E-state index in [1.807, 2.05) is 81.4 Å². The number of hydrazine groups is 1. The van der Waals surface area contributed by atoms with E-state index in [9.17, 15) is 4.79 Å². The molecule has 6 rings (SSSR count). The lowest BCUT2D eigenvalue weighted by Crippen LogP contribution is -2.41. The Labute approximate surface area is 273 Å². The van der Waals surface area contributed by atoms with Gasteiger partial charge in [-0.05, 0) is 107 Å². The Morgan fingerprint density at radius 1 is 0.778 bits per heavy atom. The number of carbonyl (C=O) groups is 1. The molecule has 2 fully saturated rings. The Kier molecular flexibility index (Phi) is 9.06. The summed E-state index contributed by atoms with van der Waals surface area (Å²) >= 11 is 12.4. The van der Waals surface area contributed by atoms with Gasteiger partial charge < -0.3 is 14.2 Å². The van der Waals surface area contributed by atoms with Crippen molar-refractivity contribution in [3.63, 3.8) is 0 Å². The molecule has 234 valence electrons. The first-order chi connectivity index (χ1) is 21.6. The summed E-state index contributed by atoms with van der Waals surface area (Å²) in [5.41, 5.74) is 6.74. The summed E-state index contributed by atoms with van der Waals surface area (Å²) in [6.45, 7) is 5.47. The number of benzene rings is 2. The first-order valence-electron chi connectivity index (χ1n) is 15.3. The summed E-state index contributed by atoms with van der Waals surface area (Å²) in [4.78, 5) is 23.1. The fraction of sp³-hybridized carbons (Fsp3) is 0.343. The van der Waals surface area contributed by atoms with Crippen LogP contribution in [0, 0.1) is 0 Å². The monoisotopic (exact) mass is 646 g/mol. The molecule has 8 nitrogen and oxygen atoms in total. The number of nitrogens with zero attached hydrogens (tertiary/aromatic N) is 3. The lowest BCUT2D eigenvalue weighted by molar-refractivity contribution is 0.0588. The maximum Gasteiger partial charge on any atom is 0.434 e. The molecule has 2 heterocycles. The van der Waals surface area contributed by atoms with Crippen LogP contribution in [-0.2, 0) is 4.74 Å². The van der Waals surface area contributed by atoms with Crippen LogP contribution in [0.4, 0.5) is 16.2 Å². The minimum absolute atomic E-state index is 0.118. The molecule has 0 aliphatic heterocycles. The topological polar surface area (TPSA) is 85.8 Å². The van der Waals surface area contributed by atoms with Gasteiger partial charge in [-0.15, -0.1) is 0 Å². The fourth-order valence-electron chi connectivity index (χ4n) is 4.88. The number of ether oxygens (including phenoxy) is 3. The van der Waals surface area contributed by atoms with Crippen molar-refractivity contribution in [2.75, 3.05) is 10.4 Å². The van der Waals surface area contributed by atoms with E-state index in [0.29, 0.717) is 33.2 Å². The molecule has 2 aromatic carbocycles. The summed E-state index contributed by atoms with van der Waals surface area (Å²) in [7, 11) is 0. The third-order valence-corrected chi connectivity index (χ3v) is 8.24. The van der Waals surface area contributed by atoms with Gasteiger partial charge in [-0.3, -0.25) is 5.43 Å². The van der Waals surface area contributed by atoms with E-state index < -0.39 is 11.7 Å². The zero-order valence-electron chi connectivity index (χ0n) is 25.6. The van der Waals surface area contributed by atoms with Crippen molar-refractivity contribution >= 4 is 40.7 Å². The average Bonchev–Trinajstić information content (AvgIpc) is 2.96. The number of nitrogens with one attached hydrogen (secondary N) is 1. The highest BCUT2D eigenvalue weighted by molar-refractivity contribution is 6.31. The Balaban J connectivity index is 1.39. The van der Waals surface area contributed by atoms with Gasteiger partial charge in [-0.2, -0.15) is 5.01 Å². The Bertz CT molecular complexity index is 1650. The van der Waals surface area contributed by atoms with Crippen molar-refractivity contribution in [2.45, 2.75) is 77.1 Å². The number of rotatable bonds is 9. The molecule has 0 unspecified atom stereocenters. The second-order valence-corrected chi connectivity index (χ2v) is 13.3. The average molecular weight is 648 g/mol. The molecule has 0 radical (unpaired) electrons. The largest absolute Gasteiger partial charge is 0.474 e. The smallest absolute Gasteiger partial charge is 0.434 e. The normalized spacial score (nSPS) is 15.0. The summed E-state index contributed by atoms with van der Waals surface area (Å²) < 4.78 is 18.3. The van der Waals surface area contributed by atoms with Gasteiger partial charge in [0.05, 0.1) is 23.8 Å². The van der Waals surface area contributed by atoms with Crippen molar-refractivity contribution in [2.24, 2.45) is 0 Å². The first-order valence-corrected chi connectivity index (χ1v) is 16.0. The lowest BCUT2D eigenvalue weighted by Gasteiger charge is -2.30. The van der Waals surface area contributed by atoms with Crippen LogP contribution in [0.3, 0.4) is 0 Å². The van der Waals surface area contributed by atoms with Crippen molar-refractivity contribution in [3.8, 4) is 34.0 Å². The van der Waals surface area contributed by atoms with Crippen LogP contribution in [0.1, 0.15) is 59.3 Å². The van der Waals surface area contributed by atoms with Crippen molar-refractivity contribution in [1.82, 2.24) is 9.97 Å². The van der Waals surface area contributed by atoms with Crippen LogP contribution >= 0.6 is 23.2 Å². The van der Waals surface area contributed by atoms with E-state index in [0.717, 1.165) is 60.8 Å². The Morgan fingerprint density at radius 2 is 1.27 bits per heavy atom. The van der Waals surface area contributed by atoms with Gasteiger partial charge >= 0.3 is 6.09 Å². The zero-order valence-corrected chi connectivity index (χ0v) is 27.1. The standard InChI is InChI=1S/C35H36Cl2N4O4/c1-35(2,3)45-34(42)41(27-19-31(23-12-16-25(37)17-13-23)33(39-21-27)44-29-8-5-9-29)40-26-18-30(22-10-14-24(36)15-11-22)32(38-20-26)43-28-6-4-7-28/h10-21,28-29,40H,4-9H2,1-3H3. The number of aromatic nitrogens is 2. The summed E-state index contributed by atoms with van der Waals surface area (Å²) in [6.07, 6.45) is 9.13. The maximum absolute atomic E-state index is 13.7. The number of anilines is 2. The maximum atomic E-state index is 13.7. The summed E-state index contributed by atoms with van der Waals surface area (Å²) in [5, 5.41) is 2.59. The second kappa shape index (κ2) is 13.2. The highest BCUT2D eigenvalue weighted by atomic mass is 35.5. The molecule has 1 N–H and O–H groups in total. The van der Waals surface area contributed by atoms with Crippen LogP contribution in [-0.4, -0.2) is 33.9 Å². The fourth-order valence-corrected chi connectivity index (χ4v) is 5.13.